The molecule has 2 aliphatic rings. The predicted octanol–water partition coefficient (Wildman–Crippen LogP) is 2.72. The second-order valence-electron chi connectivity index (χ2n) is 7.53. The zero-order chi connectivity index (χ0) is 22.9. The molecule has 1 atom stereocenters. The highest BCUT2D eigenvalue weighted by Crippen LogP contribution is 2.33. The highest BCUT2D eigenvalue weighted by molar-refractivity contribution is 7.89. The summed E-state index contributed by atoms with van der Waals surface area (Å²) in [5.74, 6) is -0.325. The van der Waals surface area contributed by atoms with Gasteiger partial charge in [-0.15, -0.1) is 0 Å². The van der Waals surface area contributed by atoms with Crippen molar-refractivity contribution in [1.82, 2.24) is 4.31 Å². The lowest BCUT2D eigenvalue weighted by atomic mass is 9.98. The van der Waals surface area contributed by atoms with E-state index in [-0.39, 0.29) is 29.9 Å². The SMILES string of the molecule is COc1ccc(Cl)cc1NC(=O)[C@@H]1CCCN(S(=O)(=O)c2ccc3c(c2)NC(=O)CO3)C1. The fraction of sp³-hybridized carbons (Fsp3) is 0.333. The Morgan fingerprint density at radius 2 is 2.09 bits per heavy atom. The summed E-state index contributed by atoms with van der Waals surface area (Å²) in [5.41, 5.74) is 0.733. The number of hydrogen-bond acceptors (Lipinski definition) is 6. The van der Waals surface area contributed by atoms with Crippen LogP contribution in [0.25, 0.3) is 0 Å². The molecule has 0 radical (unpaired) electrons. The van der Waals surface area contributed by atoms with Crippen LogP contribution in [-0.2, 0) is 19.6 Å². The van der Waals surface area contributed by atoms with Crippen molar-refractivity contribution in [3.8, 4) is 11.5 Å². The van der Waals surface area contributed by atoms with Gasteiger partial charge in [0.25, 0.3) is 5.91 Å². The summed E-state index contributed by atoms with van der Waals surface area (Å²) in [4.78, 5) is 24.5. The summed E-state index contributed by atoms with van der Waals surface area (Å²) in [5, 5.41) is 5.85. The van der Waals surface area contributed by atoms with Crippen LogP contribution in [-0.4, -0.2) is 51.3 Å². The number of rotatable bonds is 5. The molecule has 0 spiro atoms. The molecule has 2 aromatic rings. The molecule has 1 fully saturated rings. The lowest BCUT2D eigenvalue weighted by molar-refractivity contribution is -0.121. The lowest BCUT2D eigenvalue weighted by Crippen LogP contribution is -2.43. The summed E-state index contributed by atoms with van der Waals surface area (Å²) in [6, 6.07) is 9.21. The average Bonchev–Trinajstić information content (AvgIpc) is 2.78. The van der Waals surface area contributed by atoms with Crippen LogP contribution in [0.15, 0.2) is 41.3 Å². The van der Waals surface area contributed by atoms with Crippen LogP contribution in [0.5, 0.6) is 11.5 Å². The number of carbonyl (C=O) groups is 2. The van der Waals surface area contributed by atoms with Gasteiger partial charge in [0.05, 0.1) is 29.3 Å². The molecule has 11 heteroatoms. The smallest absolute Gasteiger partial charge is 0.262 e. The minimum Gasteiger partial charge on any atom is -0.495 e. The molecular formula is C21H22ClN3O6S. The molecule has 32 heavy (non-hydrogen) atoms. The molecule has 0 unspecified atom stereocenters. The van der Waals surface area contributed by atoms with Crippen molar-refractivity contribution < 1.29 is 27.5 Å². The number of fused-ring (bicyclic) bond motifs is 1. The minimum absolute atomic E-state index is 0.0274. The fourth-order valence-corrected chi connectivity index (χ4v) is 5.48. The van der Waals surface area contributed by atoms with Crippen molar-refractivity contribution in [2.24, 2.45) is 5.92 Å². The quantitative estimate of drug-likeness (QED) is 0.681. The van der Waals surface area contributed by atoms with Crippen LogP contribution < -0.4 is 20.1 Å². The van der Waals surface area contributed by atoms with Crippen molar-refractivity contribution >= 4 is 44.8 Å². The number of anilines is 2. The van der Waals surface area contributed by atoms with Gasteiger partial charge in [-0.25, -0.2) is 8.42 Å². The lowest BCUT2D eigenvalue weighted by Gasteiger charge is -2.31. The van der Waals surface area contributed by atoms with Gasteiger partial charge < -0.3 is 20.1 Å². The third-order valence-corrected chi connectivity index (χ3v) is 7.49. The summed E-state index contributed by atoms with van der Waals surface area (Å²) < 4.78 is 38.3. The first kappa shape index (κ1) is 22.4. The fourth-order valence-electron chi connectivity index (χ4n) is 3.76. The summed E-state index contributed by atoms with van der Waals surface area (Å²) in [6.07, 6.45) is 1.09. The van der Waals surface area contributed by atoms with Gasteiger partial charge in [0, 0.05) is 18.1 Å². The molecule has 1 saturated heterocycles. The Bertz CT molecular complexity index is 1170. The van der Waals surface area contributed by atoms with Crippen LogP contribution in [0.4, 0.5) is 11.4 Å². The van der Waals surface area contributed by atoms with Gasteiger partial charge in [0.2, 0.25) is 15.9 Å². The number of hydrogen-bond donors (Lipinski definition) is 2. The Kier molecular flexibility index (Phi) is 6.27. The number of piperidine rings is 1. The highest BCUT2D eigenvalue weighted by atomic mass is 35.5. The molecule has 170 valence electrons. The molecule has 0 bridgehead atoms. The van der Waals surface area contributed by atoms with Crippen molar-refractivity contribution in [3.63, 3.8) is 0 Å². The van der Waals surface area contributed by atoms with E-state index in [1.165, 1.54) is 29.6 Å². The molecule has 2 heterocycles. The number of sulfonamides is 1. The first-order chi connectivity index (χ1) is 15.3. The number of amides is 2. The van der Waals surface area contributed by atoms with E-state index in [0.717, 1.165) is 0 Å². The molecule has 4 rings (SSSR count). The van der Waals surface area contributed by atoms with Crippen molar-refractivity contribution in [2.75, 3.05) is 37.4 Å². The average molecular weight is 480 g/mol. The largest absolute Gasteiger partial charge is 0.495 e. The van der Waals surface area contributed by atoms with E-state index in [9.17, 15) is 18.0 Å². The Hall–Kier alpha value is -2.82. The van der Waals surface area contributed by atoms with Crippen LogP contribution >= 0.6 is 11.6 Å². The molecule has 0 aliphatic carbocycles. The standard InChI is InChI=1S/C21H22ClN3O6S/c1-30-18-6-4-14(22)9-16(18)24-21(27)13-3-2-8-25(11-13)32(28,29)15-5-7-19-17(10-15)23-20(26)12-31-19/h4-7,9-10,13H,2-3,8,11-12H2,1H3,(H,23,26)(H,24,27)/t13-/m1/s1. The molecule has 2 N–H and O–H groups in total. The number of methoxy groups -OCH3 is 1. The molecule has 9 nitrogen and oxygen atoms in total. The zero-order valence-electron chi connectivity index (χ0n) is 17.3. The second kappa shape index (κ2) is 8.97. The molecular weight excluding hydrogens is 458 g/mol. The van der Waals surface area contributed by atoms with E-state index >= 15 is 0 Å². The van der Waals surface area contributed by atoms with E-state index in [4.69, 9.17) is 21.1 Å². The van der Waals surface area contributed by atoms with Crippen LogP contribution in [0, 0.1) is 5.92 Å². The first-order valence-electron chi connectivity index (χ1n) is 9.99. The van der Waals surface area contributed by atoms with E-state index in [0.29, 0.717) is 47.3 Å². The normalized spacial score (nSPS) is 18.8. The number of carbonyl (C=O) groups excluding carboxylic acids is 2. The number of ether oxygens (including phenoxy) is 2. The first-order valence-corrected chi connectivity index (χ1v) is 11.8. The van der Waals surface area contributed by atoms with Gasteiger partial charge in [-0.3, -0.25) is 9.59 Å². The van der Waals surface area contributed by atoms with Crippen molar-refractivity contribution in [3.05, 3.63) is 41.4 Å². The predicted molar refractivity (Wildman–Crippen MR) is 119 cm³/mol. The monoisotopic (exact) mass is 479 g/mol. The Labute approximate surface area is 190 Å². The third kappa shape index (κ3) is 4.52. The molecule has 2 aliphatic heterocycles. The minimum atomic E-state index is -3.87. The number of nitrogens with one attached hydrogen (secondary N) is 2. The van der Waals surface area contributed by atoms with Crippen LogP contribution in [0.1, 0.15) is 12.8 Å². The van der Waals surface area contributed by atoms with Gasteiger partial charge in [-0.2, -0.15) is 4.31 Å². The molecule has 0 aromatic heterocycles. The van der Waals surface area contributed by atoms with Crippen LogP contribution in [0.2, 0.25) is 5.02 Å². The Morgan fingerprint density at radius 3 is 2.88 bits per heavy atom. The van der Waals surface area contributed by atoms with Crippen molar-refractivity contribution in [1.29, 1.82) is 0 Å². The maximum absolute atomic E-state index is 13.2. The van der Waals surface area contributed by atoms with E-state index in [2.05, 4.69) is 10.6 Å². The highest BCUT2D eigenvalue weighted by Gasteiger charge is 2.34. The van der Waals surface area contributed by atoms with Crippen LogP contribution in [0.3, 0.4) is 0 Å². The Balaban J connectivity index is 1.51. The number of benzene rings is 2. The van der Waals surface area contributed by atoms with Crippen molar-refractivity contribution in [2.45, 2.75) is 17.7 Å². The molecule has 2 aromatic carbocycles. The Morgan fingerprint density at radius 1 is 1.28 bits per heavy atom. The summed E-state index contributed by atoms with van der Waals surface area (Å²) in [6.45, 7) is 0.225. The van der Waals surface area contributed by atoms with E-state index < -0.39 is 15.9 Å². The third-order valence-electron chi connectivity index (χ3n) is 5.40. The number of nitrogens with zero attached hydrogens (tertiary/aromatic N) is 1. The zero-order valence-corrected chi connectivity index (χ0v) is 18.8. The van der Waals surface area contributed by atoms with E-state index in [1.807, 2.05) is 0 Å². The van der Waals surface area contributed by atoms with Gasteiger partial charge in [0.15, 0.2) is 6.61 Å². The molecule has 2 amide bonds. The van der Waals surface area contributed by atoms with Gasteiger partial charge in [-0.05, 0) is 49.2 Å². The van der Waals surface area contributed by atoms with Gasteiger partial charge in [-0.1, -0.05) is 11.6 Å². The maximum atomic E-state index is 13.2. The second-order valence-corrected chi connectivity index (χ2v) is 9.91. The maximum Gasteiger partial charge on any atom is 0.262 e. The number of halogens is 1. The van der Waals surface area contributed by atoms with E-state index in [1.54, 1.807) is 18.2 Å². The summed E-state index contributed by atoms with van der Waals surface area (Å²) in [7, 11) is -2.39. The van der Waals surface area contributed by atoms with Gasteiger partial charge >= 0.3 is 0 Å². The summed E-state index contributed by atoms with van der Waals surface area (Å²) >= 11 is 6.02. The topological polar surface area (TPSA) is 114 Å². The molecule has 0 saturated carbocycles. The van der Waals surface area contributed by atoms with Gasteiger partial charge in [0.1, 0.15) is 11.5 Å².